The molecule has 0 radical (unpaired) electrons. The van der Waals surface area contributed by atoms with E-state index in [1.54, 1.807) is 0 Å². The number of hydrogen-bond acceptors (Lipinski definition) is 1. The van der Waals surface area contributed by atoms with Crippen LogP contribution in [0, 0.1) is 11.3 Å². The van der Waals surface area contributed by atoms with Crippen LogP contribution in [0.5, 0.6) is 0 Å². The topological polar surface area (TPSA) is 20.2 Å². The molecule has 0 saturated carbocycles. The molecule has 1 atom stereocenters. The summed E-state index contributed by atoms with van der Waals surface area (Å²) in [6, 6.07) is 0. The van der Waals surface area contributed by atoms with Gasteiger partial charge < -0.3 is 5.11 Å². The number of aliphatic hydroxyl groups is 1. The van der Waals surface area contributed by atoms with Gasteiger partial charge in [-0.3, -0.25) is 0 Å². The highest BCUT2D eigenvalue weighted by Gasteiger charge is 2.35. The maximum atomic E-state index is 9.49. The van der Waals surface area contributed by atoms with Gasteiger partial charge in [0.1, 0.15) is 0 Å². The van der Waals surface area contributed by atoms with Crippen molar-refractivity contribution in [2.24, 2.45) is 11.3 Å². The molecule has 1 unspecified atom stereocenters. The van der Waals surface area contributed by atoms with E-state index in [1.165, 1.54) is 17.6 Å². The summed E-state index contributed by atoms with van der Waals surface area (Å²) in [5.41, 5.74) is 3.20. The third-order valence-electron chi connectivity index (χ3n) is 3.88. The van der Waals surface area contributed by atoms with Crippen LogP contribution < -0.4 is 0 Å². The number of aliphatic hydroxyl groups excluding tert-OH is 1. The van der Waals surface area contributed by atoms with Gasteiger partial charge in [-0.2, -0.15) is 0 Å². The summed E-state index contributed by atoms with van der Waals surface area (Å²) in [5, 5.41) is 9.49. The van der Waals surface area contributed by atoms with Crippen molar-refractivity contribution < 1.29 is 5.11 Å². The Balaban J connectivity index is 2.84. The lowest BCUT2D eigenvalue weighted by molar-refractivity contribution is 0.0615. The highest BCUT2D eigenvalue weighted by molar-refractivity contribution is 5.17. The zero-order valence-electron chi connectivity index (χ0n) is 9.35. The van der Waals surface area contributed by atoms with E-state index in [0.717, 1.165) is 12.8 Å². The van der Waals surface area contributed by atoms with Gasteiger partial charge in [-0.25, -0.2) is 0 Å². The van der Waals surface area contributed by atoms with Crippen molar-refractivity contribution in [2.75, 3.05) is 6.61 Å². The van der Waals surface area contributed by atoms with Crippen LogP contribution in [0.2, 0.25) is 0 Å². The molecule has 0 fully saturated rings. The maximum absolute atomic E-state index is 9.49. The Labute approximate surface area is 81.9 Å². The summed E-state index contributed by atoms with van der Waals surface area (Å²) >= 11 is 0. The summed E-state index contributed by atoms with van der Waals surface area (Å²) in [4.78, 5) is 0. The molecule has 1 N–H and O–H groups in total. The third-order valence-corrected chi connectivity index (χ3v) is 3.88. The molecule has 1 aliphatic carbocycles. The minimum Gasteiger partial charge on any atom is -0.396 e. The standard InChI is InChI=1S/C12H22O/c1-9(2)12(8-13)6-5-10(3)11(4)7-12/h9,13H,5-8H2,1-4H3. The second-order valence-corrected chi connectivity index (χ2v) is 4.91. The van der Waals surface area contributed by atoms with E-state index in [0.29, 0.717) is 12.5 Å². The van der Waals surface area contributed by atoms with E-state index in [-0.39, 0.29) is 5.41 Å². The van der Waals surface area contributed by atoms with Gasteiger partial charge in [0.05, 0.1) is 0 Å². The average molecular weight is 182 g/mol. The molecule has 76 valence electrons. The molecule has 0 saturated heterocycles. The van der Waals surface area contributed by atoms with Crippen LogP contribution in [0.1, 0.15) is 47.0 Å². The molecule has 0 bridgehead atoms. The highest BCUT2D eigenvalue weighted by atomic mass is 16.3. The van der Waals surface area contributed by atoms with Gasteiger partial charge in [-0.15, -0.1) is 0 Å². The molecule has 1 heteroatoms. The minimum atomic E-state index is 0.170. The van der Waals surface area contributed by atoms with E-state index < -0.39 is 0 Å². The molecular weight excluding hydrogens is 160 g/mol. The summed E-state index contributed by atoms with van der Waals surface area (Å²) in [5.74, 6) is 0.584. The molecule has 13 heavy (non-hydrogen) atoms. The van der Waals surface area contributed by atoms with Gasteiger partial charge in [0.2, 0.25) is 0 Å². The molecule has 0 spiro atoms. The van der Waals surface area contributed by atoms with Crippen molar-refractivity contribution in [2.45, 2.75) is 47.0 Å². The van der Waals surface area contributed by atoms with E-state index in [1.807, 2.05) is 0 Å². The first-order chi connectivity index (χ1) is 6.02. The van der Waals surface area contributed by atoms with Crippen molar-refractivity contribution in [3.8, 4) is 0 Å². The number of allylic oxidation sites excluding steroid dienone is 2. The summed E-state index contributed by atoms with van der Waals surface area (Å²) < 4.78 is 0. The lowest BCUT2D eigenvalue weighted by Crippen LogP contribution is -2.34. The van der Waals surface area contributed by atoms with Crippen molar-refractivity contribution in [3.63, 3.8) is 0 Å². The third kappa shape index (κ3) is 1.96. The molecule has 0 aliphatic heterocycles. The Hall–Kier alpha value is -0.300. The second kappa shape index (κ2) is 3.83. The molecule has 1 rings (SSSR count). The Kier molecular flexibility index (Phi) is 3.18. The Bertz CT molecular complexity index is 215. The normalized spacial score (nSPS) is 30.0. The monoisotopic (exact) mass is 182 g/mol. The van der Waals surface area contributed by atoms with E-state index in [9.17, 15) is 5.11 Å². The zero-order chi connectivity index (χ0) is 10.1. The molecule has 1 nitrogen and oxygen atoms in total. The first-order valence-corrected chi connectivity index (χ1v) is 5.28. The van der Waals surface area contributed by atoms with Crippen LogP contribution in [0.4, 0.5) is 0 Å². The predicted molar refractivity (Wildman–Crippen MR) is 56.6 cm³/mol. The van der Waals surface area contributed by atoms with Crippen LogP contribution in [-0.4, -0.2) is 11.7 Å². The van der Waals surface area contributed by atoms with Crippen molar-refractivity contribution in [1.29, 1.82) is 0 Å². The molecule has 0 aromatic rings. The van der Waals surface area contributed by atoms with Gasteiger partial charge in [0.15, 0.2) is 0 Å². The highest BCUT2D eigenvalue weighted by Crippen LogP contribution is 2.44. The fourth-order valence-corrected chi connectivity index (χ4v) is 2.23. The maximum Gasteiger partial charge on any atom is 0.0493 e. The van der Waals surface area contributed by atoms with Crippen molar-refractivity contribution >= 4 is 0 Å². The van der Waals surface area contributed by atoms with Gasteiger partial charge in [0.25, 0.3) is 0 Å². The van der Waals surface area contributed by atoms with Gasteiger partial charge >= 0.3 is 0 Å². The number of rotatable bonds is 2. The minimum absolute atomic E-state index is 0.170. The Morgan fingerprint density at radius 2 is 1.92 bits per heavy atom. The lowest BCUT2D eigenvalue weighted by Gasteiger charge is -2.40. The smallest absolute Gasteiger partial charge is 0.0493 e. The van der Waals surface area contributed by atoms with Crippen LogP contribution in [-0.2, 0) is 0 Å². The predicted octanol–water partition coefficient (Wildman–Crippen LogP) is 3.14. The van der Waals surface area contributed by atoms with Crippen LogP contribution in [0.25, 0.3) is 0 Å². The fourth-order valence-electron chi connectivity index (χ4n) is 2.23. The SMILES string of the molecule is CC1=C(C)CC(CO)(C(C)C)CC1. The Morgan fingerprint density at radius 3 is 2.31 bits per heavy atom. The van der Waals surface area contributed by atoms with Crippen LogP contribution in [0.15, 0.2) is 11.1 Å². The average Bonchev–Trinajstić information content (AvgIpc) is 2.09. The molecule has 0 aromatic heterocycles. The lowest BCUT2D eigenvalue weighted by atomic mass is 9.66. The van der Waals surface area contributed by atoms with Crippen molar-refractivity contribution in [1.82, 2.24) is 0 Å². The first kappa shape index (κ1) is 10.8. The molecule has 0 heterocycles. The number of hydrogen-bond donors (Lipinski definition) is 1. The van der Waals surface area contributed by atoms with E-state index >= 15 is 0 Å². The van der Waals surface area contributed by atoms with Gasteiger partial charge in [-0.1, -0.05) is 25.0 Å². The molecule has 1 aliphatic rings. The first-order valence-electron chi connectivity index (χ1n) is 5.28. The fraction of sp³-hybridized carbons (Fsp3) is 0.833. The quantitative estimate of drug-likeness (QED) is 0.650. The van der Waals surface area contributed by atoms with Crippen LogP contribution in [0.3, 0.4) is 0 Å². The summed E-state index contributed by atoms with van der Waals surface area (Å²) in [6.45, 7) is 9.22. The largest absolute Gasteiger partial charge is 0.396 e. The molecule has 0 aromatic carbocycles. The van der Waals surface area contributed by atoms with E-state index in [4.69, 9.17) is 0 Å². The van der Waals surface area contributed by atoms with Gasteiger partial charge in [0, 0.05) is 6.61 Å². The Morgan fingerprint density at radius 1 is 1.31 bits per heavy atom. The zero-order valence-corrected chi connectivity index (χ0v) is 9.35. The van der Waals surface area contributed by atoms with Crippen molar-refractivity contribution in [3.05, 3.63) is 11.1 Å². The van der Waals surface area contributed by atoms with E-state index in [2.05, 4.69) is 27.7 Å². The molecular formula is C12H22O. The molecule has 0 amide bonds. The van der Waals surface area contributed by atoms with Crippen LogP contribution >= 0.6 is 0 Å². The second-order valence-electron chi connectivity index (χ2n) is 4.91. The summed E-state index contributed by atoms with van der Waals surface area (Å²) in [6.07, 6.45) is 3.42. The van der Waals surface area contributed by atoms with Gasteiger partial charge in [-0.05, 0) is 44.4 Å². The summed E-state index contributed by atoms with van der Waals surface area (Å²) in [7, 11) is 0.